The van der Waals surface area contributed by atoms with Crippen molar-refractivity contribution in [1.29, 1.82) is 0 Å². The van der Waals surface area contributed by atoms with Crippen molar-refractivity contribution in [3.05, 3.63) is 35.4 Å². The molecule has 0 saturated heterocycles. The van der Waals surface area contributed by atoms with E-state index in [4.69, 9.17) is 9.84 Å². The van der Waals surface area contributed by atoms with Gasteiger partial charge in [0.05, 0.1) is 6.61 Å². The van der Waals surface area contributed by atoms with Crippen molar-refractivity contribution in [1.82, 2.24) is 0 Å². The first-order chi connectivity index (χ1) is 9.27. The number of unbranched alkanes of at least 4 members (excludes halogenated alkanes) is 4. The lowest BCUT2D eigenvalue weighted by molar-refractivity contribution is 0.0978. The summed E-state index contributed by atoms with van der Waals surface area (Å²) < 4.78 is 5.07. The SMILES string of the molecule is COCc1cccc(C(=O)CCCCCCCO)c1. The first-order valence-corrected chi connectivity index (χ1v) is 7.00. The normalized spacial score (nSPS) is 10.6. The molecule has 0 amide bonds. The van der Waals surface area contributed by atoms with Gasteiger partial charge in [-0.25, -0.2) is 0 Å². The molecule has 1 aromatic carbocycles. The Hall–Kier alpha value is -1.19. The number of benzene rings is 1. The minimum absolute atomic E-state index is 0.208. The van der Waals surface area contributed by atoms with E-state index in [9.17, 15) is 4.79 Å². The Balaban J connectivity index is 2.30. The fraction of sp³-hybridized carbons (Fsp3) is 0.562. The molecule has 0 heterocycles. The van der Waals surface area contributed by atoms with E-state index < -0.39 is 0 Å². The van der Waals surface area contributed by atoms with Crippen molar-refractivity contribution < 1.29 is 14.6 Å². The summed E-state index contributed by atoms with van der Waals surface area (Å²) >= 11 is 0. The molecule has 0 radical (unpaired) electrons. The molecule has 1 N–H and O–H groups in total. The van der Waals surface area contributed by atoms with Gasteiger partial charge < -0.3 is 9.84 Å². The fourth-order valence-electron chi connectivity index (χ4n) is 2.07. The number of hydrogen-bond donors (Lipinski definition) is 1. The molecule has 106 valence electrons. The number of methoxy groups -OCH3 is 1. The Morgan fingerprint density at radius 2 is 1.89 bits per heavy atom. The van der Waals surface area contributed by atoms with Gasteiger partial charge >= 0.3 is 0 Å². The topological polar surface area (TPSA) is 46.5 Å². The molecule has 0 aromatic heterocycles. The van der Waals surface area contributed by atoms with Gasteiger partial charge in [0.15, 0.2) is 5.78 Å². The van der Waals surface area contributed by atoms with Crippen LogP contribution in [-0.4, -0.2) is 24.6 Å². The molecule has 0 spiro atoms. The van der Waals surface area contributed by atoms with E-state index in [0.717, 1.165) is 43.2 Å². The Kier molecular flexibility index (Phi) is 8.10. The zero-order valence-electron chi connectivity index (χ0n) is 11.7. The van der Waals surface area contributed by atoms with Crippen molar-refractivity contribution in [3.8, 4) is 0 Å². The lowest BCUT2D eigenvalue weighted by Crippen LogP contribution is -2.00. The highest BCUT2D eigenvalue weighted by atomic mass is 16.5. The molecular formula is C16H24O3. The number of ketones is 1. The van der Waals surface area contributed by atoms with Gasteiger partial charge in [-0.05, 0) is 24.5 Å². The van der Waals surface area contributed by atoms with Crippen LogP contribution in [0.15, 0.2) is 24.3 Å². The summed E-state index contributed by atoms with van der Waals surface area (Å²) in [5, 5.41) is 8.67. The molecule has 0 aliphatic carbocycles. The summed E-state index contributed by atoms with van der Waals surface area (Å²) in [6.45, 7) is 0.813. The van der Waals surface area contributed by atoms with Crippen molar-refractivity contribution in [2.45, 2.75) is 45.1 Å². The molecule has 1 aromatic rings. The maximum absolute atomic E-state index is 12.0. The largest absolute Gasteiger partial charge is 0.396 e. The average Bonchev–Trinajstić information content (AvgIpc) is 2.43. The van der Waals surface area contributed by atoms with Crippen LogP contribution in [-0.2, 0) is 11.3 Å². The van der Waals surface area contributed by atoms with Crippen LogP contribution < -0.4 is 0 Å². The molecule has 3 nitrogen and oxygen atoms in total. The molecule has 0 saturated carbocycles. The lowest BCUT2D eigenvalue weighted by atomic mass is 10.0. The van der Waals surface area contributed by atoms with E-state index in [1.54, 1.807) is 7.11 Å². The lowest BCUT2D eigenvalue weighted by Gasteiger charge is -2.04. The van der Waals surface area contributed by atoms with Crippen LogP contribution in [0.1, 0.15) is 54.4 Å². The fourth-order valence-corrected chi connectivity index (χ4v) is 2.07. The molecule has 0 atom stereocenters. The van der Waals surface area contributed by atoms with Crippen LogP contribution in [0.4, 0.5) is 0 Å². The number of carbonyl (C=O) groups is 1. The second-order valence-electron chi connectivity index (χ2n) is 4.80. The summed E-state index contributed by atoms with van der Waals surface area (Å²) in [7, 11) is 1.65. The minimum Gasteiger partial charge on any atom is -0.396 e. The molecule has 0 fully saturated rings. The third-order valence-corrected chi connectivity index (χ3v) is 3.12. The molecule has 19 heavy (non-hydrogen) atoms. The predicted octanol–water partition coefficient (Wildman–Crippen LogP) is 3.35. The van der Waals surface area contributed by atoms with Crippen molar-refractivity contribution in [3.63, 3.8) is 0 Å². The monoisotopic (exact) mass is 264 g/mol. The van der Waals surface area contributed by atoms with Gasteiger partial charge in [-0.15, -0.1) is 0 Å². The Morgan fingerprint density at radius 3 is 2.63 bits per heavy atom. The quantitative estimate of drug-likeness (QED) is 0.520. The second kappa shape index (κ2) is 9.70. The van der Waals surface area contributed by atoms with E-state index in [0.29, 0.717) is 13.0 Å². The number of carbonyl (C=O) groups excluding carboxylic acids is 1. The van der Waals surface area contributed by atoms with Crippen LogP contribution in [0.3, 0.4) is 0 Å². The van der Waals surface area contributed by atoms with Crippen molar-refractivity contribution in [2.24, 2.45) is 0 Å². The minimum atomic E-state index is 0.208. The maximum atomic E-state index is 12.0. The van der Waals surface area contributed by atoms with E-state index in [-0.39, 0.29) is 12.4 Å². The molecule has 0 unspecified atom stereocenters. The molecular weight excluding hydrogens is 240 g/mol. The first-order valence-electron chi connectivity index (χ1n) is 7.00. The highest BCUT2D eigenvalue weighted by Gasteiger charge is 2.06. The zero-order chi connectivity index (χ0) is 13.9. The Morgan fingerprint density at radius 1 is 1.16 bits per heavy atom. The third-order valence-electron chi connectivity index (χ3n) is 3.12. The summed E-state index contributed by atoms with van der Waals surface area (Å²) in [6, 6.07) is 7.66. The van der Waals surface area contributed by atoms with Crippen LogP contribution in [0.2, 0.25) is 0 Å². The maximum Gasteiger partial charge on any atom is 0.162 e. The van der Waals surface area contributed by atoms with Gasteiger partial charge in [0, 0.05) is 25.7 Å². The van der Waals surface area contributed by atoms with E-state index in [1.807, 2.05) is 24.3 Å². The molecule has 0 bridgehead atoms. The summed E-state index contributed by atoms with van der Waals surface area (Å²) in [5.41, 5.74) is 1.82. The van der Waals surface area contributed by atoms with Crippen molar-refractivity contribution in [2.75, 3.05) is 13.7 Å². The van der Waals surface area contributed by atoms with E-state index in [1.165, 1.54) is 0 Å². The predicted molar refractivity (Wildman–Crippen MR) is 76.3 cm³/mol. The van der Waals surface area contributed by atoms with E-state index >= 15 is 0 Å². The van der Waals surface area contributed by atoms with Crippen LogP contribution in [0.5, 0.6) is 0 Å². The highest BCUT2D eigenvalue weighted by molar-refractivity contribution is 5.96. The van der Waals surface area contributed by atoms with Crippen molar-refractivity contribution >= 4 is 5.78 Å². The number of aliphatic hydroxyl groups excluding tert-OH is 1. The molecule has 1 rings (SSSR count). The third kappa shape index (κ3) is 6.50. The van der Waals surface area contributed by atoms with Gasteiger partial charge in [0.2, 0.25) is 0 Å². The number of aliphatic hydroxyl groups is 1. The molecule has 0 aliphatic heterocycles. The van der Waals surface area contributed by atoms with Gasteiger partial charge in [-0.3, -0.25) is 4.79 Å². The van der Waals surface area contributed by atoms with Crippen LogP contribution in [0.25, 0.3) is 0 Å². The number of rotatable bonds is 10. The van der Waals surface area contributed by atoms with Crippen LogP contribution in [0, 0.1) is 0 Å². The average molecular weight is 264 g/mol. The standard InChI is InChI=1S/C16H24O3/c1-19-13-14-8-7-9-15(12-14)16(18)10-5-3-2-4-6-11-17/h7-9,12,17H,2-6,10-11,13H2,1H3. The summed E-state index contributed by atoms with van der Waals surface area (Å²) in [6.07, 6.45) is 5.61. The summed E-state index contributed by atoms with van der Waals surface area (Å²) in [4.78, 5) is 12.0. The number of ether oxygens (including phenoxy) is 1. The number of Topliss-reactive ketones (excluding diaryl/α,β-unsaturated/α-hetero) is 1. The number of hydrogen-bond acceptors (Lipinski definition) is 3. The Bertz CT molecular complexity index is 374. The molecule has 0 aliphatic rings. The van der Waals surface area contributed by atoms with Gasteiger partial charge in [0.25, 0.3) is 0 Å². The summed E-state index contributed by atoms with van der Waals surface area (Å²) in [5.74, 6) is 0.208. The van der Waals surface area contributed by atoms with Gasteiger partial charge in [-0.2, -0.15) is 0 Å². The second-order valence-corrected chi connectivity index (χ2v) is 4.80. The van der Waals surface area contributed by atoms with E-state index in [2.05, 4.69) is 0 Å². The van der Waals surface area contributed by atoms with Gasteiger partial charge in [-0.1, -0.05) is 37.5 Å². The Labute approximate surface area is 115 Å². The highest BCUT2D eigenvalue weighted by Crippen LogP contribution is 2.12. The van der Waals surface area contributed by atoms with Gasteiger partial charge in [0.1, 0.15) is 0 Å². The zero-order valence-corrected chi connectivity index (χ0v) is 11.7. The van der Waals surface area contributed by atoms with Crippen LogP contribution >= 0.6 is 0 Å². The smallest absolute Gasteiger partial charge is 0.162 e. The molecule has 3 heteroatoms. The first kappa shape index (κ1) is 15.9.